The molecule has 3 heterocycles. The van der Waals surface area contributed by atoms with Gasteiger partial charge in [-0.1, -0.05) is 24.6 Å². The first-order valence-electron chi connectivity index (χ1n) is 9.85. The van der Waals surface area contributed by atoms with Gasteiger partial charge in [0.2, 0.25) is 5.91 Å². The number of hydrogen-bond donors (Lipinski definition) is 1. The molecule has 7 nitrogen and oxygen atoms in total. The van der Waals surface area contributed by atoms with Crippen LogP contribution in [0.25, 0.3) is 16.9 Å². The maximum Gasteiger partial charge on any atom is 0.335 e. The summed E-state index contributed by atoms with van der Waals surface area (Å²) in [5.41, 5.74) is 1.69. The van der Waals surface area contributed by atoms with Crippen molar-refractivity contribution in [1.29, 1.82) is 0 Å². The Balaban J connectivity index is 1.51. The summed E-state index contributed by atoms with van der Waals surface area (Å²) >= 11 is 0. The number of nitrogens with zero attached hydrogens (tertiary/aromatic N) is 4. The lowest BCUT2D eigenvalue weighted by Gasteiger charge is -2.26. The van der Waals surface area contributed by atoms with Crippen LogP contribution in [0.1, 0.15) is 19.3 Å². The fourth-order valence-electron chi connectivity index (χ4n) is 3.78. The van der Waals surface area contributed by atoms with Crippen molar-refractivity contribution in [3.63, 3.8) is 0 Å². The fraction of sp³-hybridized carbons (Fsp3) is 0.381. The van der Waals surface area contributed by atoms with Crippen LogP contribution in [0.5, 0.6) is 0 Å². The molecule has 7 heteroatoms. The zero-order valence-corrected chi connectivity index (χ0v) is 15.9. The van der Waals surface area contributed by atoms with Crippen molar-refractivity contribution in [3.05, 3.63) is 59.1 Å². The molecule has 1 aromatic carbocycles. The number of imidazole rings is 1. The van der Waals surface area contributed by atoms with Crippen LogP contribution in [0.2, 0.25) is 0 Å². The van der Waals surface area contributed by atoms with E-state index in [4.69, 9.17) is 0 Å². The highest BCUT2D eigenvalue weighted by atomic mass is 16.2. The predicted molar refractivity (Wildman–Crippen MR) is 109 cm³/mol. The first-order chi connectivity index (χ1) is 13.7. The number of fused-ring (bicyclic) bond motifs is 1. The van der Waals surface area contributed by atoms with Crippen molar-refractivity contribution in [2.45, 2.75) is 25.8 Å². The number of aromatic nitrogens is 3. The van der Waals surface area contributed by atoms with Gasteiger partial charge in [-0.25, -0.2) is 14.3 Å². The summed E-state index contributed by atoms with van der Waals surface area (Å²) < 4.78 is 3.04. The summed E-state index contributed by atoms with van der Waals surface area (Å²) in [7, 11) is 0. The molecular weight excluding hydrogens is 354 g/mol. The number of likely N-dealkylation sites (tertiary alicyclic amines) is 1. The van der Waals surface area contributed by atoms with Gasteiger partial charge in [0.15, 0.2) is 5.65 Å². The lowest BCUT2D eigenvalue weighted by Crippen LogP contribution is -2.39. The van der Waals surface area contributed by atoms with E-state index >= 15 is 0 Å². The van der Waals surface area contributed by atoms with Gasteiger partial charge in [0, 0.05) is 19.3 Å². The van der Waals surface area contributed by atoms with Crippen molar-refractivity contribution in [2.75, 3.05) is 26.2 Å². The van der Waals surface area contributed by atoms with Crippen LogP contribution in [0, 0.1) is 0 Å². The van der Waals surface area contributed by atoms with Crippen LogP contribution >= 0.6 is 0 Å². The summed E-state index contributed by atoms with van der Waals surface area (Å²) in [5.74, 6) is -0.157. The first kappa shape index (κ1) is 18.4. The number of benzene rings is 1. The van der Waals surface area contributed by atoms with Crippen molar-refractivity contribution in [1.82, 2.24) is 24.3 Å². The lowest BCUT2D eigenvalue weighted by atomic mass is 10.1. The monoisotopic (exact) mass is 379 g/mol. The van der Waals surface area contributed by atoms with E-state index in [0.717, 1.165) is 25.3 Å². The maximum absolute atomic E-state index is 13.0. The SMILES string of the molecule is O=C(Cn1c(=O)n(-c2ccccc2)c2ncccc21)NCCN1CCCCC1. The number of carbonyl (C=O) groups excluding carboxylic acids is 1. The van der Waals surface area contributed by atoms with Gasteiger partial charge < -0.3 is 10.2 Å². The van der Waals surface area contributed by atoms with E-state index in [1.54, 1.807) is 16.8 Å². The van der Waals surface area contributed by atoms with Crippen molar-refractivity contribution < 1.29 is 4.79 Å². The fourth-order valence-corrected chi connectivity index (χ4v) is 3.78. The quantitative estimate of drug-likeness (QED) is 0.709. The van der Waals surface area contributed by atoms with Crippen LogP contribution in [-0.2, 0) is 11.3 Å². The third-order valence-electron chi connectivity index (χ3n) is 5.21. The topological polar surface area (TPSA) is 72.2 Å². The smallest absolute Gasteiger partial charge is 0.335 e. The molecule has 0 unspecified atom stereocenters. The van der Waals surface area contributed by atoms with Crippen LogP contribution in [0.3, 0.4) is 0 Å². The number of hydrogen-bond acceptors (Lipinski definition) is 4. The molecule has 0 saturated carbocycles. The normalized spacial score (nSPS) is 15.0. The van der Waals surface area contributed by atoms with Crippen LogP contribution in [0.4, 0.5) is 0 Å². The molecule has 0 spiro atoms. The highest BCUT2D eigenvalue weighted by Crippen LogP contribution is 2.15. The van der Waals surface area contributed by atoms with E-state index in [1.165, 1.54) is 23.8 Å². The zero-order chi connectivity index (χ0) is 19.3. The molecule has 4 rings (SSSR count). The molecule has 1 aliphatic rings. The molecule has 0 bridgehead atoms. The molecule has 1 amide bonds. The second-order valence-corrected chi connectivity index (χ2v) is 7.14. The Kier molecular flexibility index (Phi) is 5.53. The van der Waals surface area contributed by atoms with Gasteiger partial charge in [0.25, 0.3) is 0 Å². The summed E-state index contributed by atoms with van der Waals surface area (Å²) in [6.07, 6.45) is 5.42. The number of amides is 1. The minimum absolute atomic E-state index is 0.0130. The standard InChI is InChI=1S/C21H25N5O2/c27-19(22-12-15-24-13-5-2-6-14-24)16-25-18-10-7-11-23-20(18)26(21(25)28)17-8-3-1-4-9-17/h1,3-4,7-11H,2,5-6,12-16H2,(H,22,27). The minimum atomic E-state index is -0.258. The second kappa shape index (κ2) is 8.39. The number of pyridine rings is 1. The molecule has 1 saturated heterocycles. The van der Waals surface area contributed by atoms with Gasteiger partial charge in [-0.3, -0.25) is 9.36 Å². The van der Waals surface area contributed by atoms with Gasteiger partial charge in [-0.05, 0) is 50.2 Å². The molecule has 28 heavy (non-hydrogen) atoms. The average Bonchev–Trinajstić information content (AvgIpc) is 3.01. The van der Waals surface area contributed by atoms with Crippen molar-refractivity contribution in [2.24, 2.45) is 0 Å². The molecule has 2 aromatic heterocycles. The minimum Gasteiger partial charge on any atom is -0.353 e. The van der Waals surface area contributed by atoms with Crippen LogP contribution < -0.4 is 11.0 Å². The molecule has 0 radical (unpaired) electrons. The highest BCUT2D eigenvalue weighted by molar-refractivity contribution is 5.80. The van der Waals surface area contributed by atoms with Crippen molar-refractivity contribution in [3.8, 4) is 5.69 Å². The lowest BCUT2D eigenvalue weighted by molar-refractivity contribution is -0.121. The largest absolute Gasteiger partial charge is 0.353 e. The second-order valence-electron chi connectivity index (χ2n) is 7.14. The third kappa shape index (κ3) is 3.84. The molecular formula is C21H25N5O2. The van der Waals surface area contributed by atoms with E-state index in [9.17, 15) is 9.59 Å². The van der Waals surface area contributed by atoms with Gasteiger partial charge in [0.05, 0.1) is 11.2 Å². The van der Waals surface area contributed by atoms with Gasteiger partial charge in [-0.2, -0.15) is 0 Å². The van der Waals surface area contributed by atoms with Gasteiger partial charge >= 0.3 is 5.69 Å². The number of carbonyl (C=O) groups is 1. The Hall–Kier alpha value is -2.93. The zero-order valence-electron chi connectivity index (χ0n) is 15.9. The maximum atomic E-state index is 13.0. The summed E-state index contributed by atoms with van der Waals surface area (Å²) in [4.78, 5) is 32.3. The van der Waals surface area contributed by atoms with E-state index in [-0.39, 0.29) is 18.1 Å². The summed E-state index contributed by atoms with van der Waals surface area (Å²) in [6, 6.07) is 13.0. The van der Waals surface area contributed by atoms with E-state index in [2.05, 4.69) is 15.2 Å². The number of para-hydroxylation sites is 1. The Morgan fingerprint density at radius 2 is 1.82 bits per heavy atom. The van der Waals surface area contributed by atoms with Crippen LogP contribution in [-0.4, -0.2) is 51.1 Å². The number of nitrogens with one attached hydrogen (secondary N) is 1. The molecule has 1 N–H and O–H groups in total. The van der Waals surface area contributed by atoms with E-state index < -0.39 is 0 Å². The molecule has 146 valence electrons. The molecule has 1 aliphatic heterocycles. The molecule has 1 fully saturated rings. The van der Waals surface area contributed by atoms with E-state index in [1.807, 2.05) is 36.4 Å². The summed E-state index contributed by atoms with van der Waals surface area (Å²) in [6.45, 7) is 3.65. The molecule has 0 atom stereocenters. The average molecular weight is 379 g/mol. The van der Waals surface area contributed by atoms with Gasteiger partial charge in [-0.15, -0.1) is 0 Å². The van der Waals surface area contributed by atoms with E-state index in [0.29, 0.717) is 17.7 Å². The molecule has 3 aromatic rings. The van der Waals surface area contributed by atoms with Gasteiger partial charge in [0.1, 0.15) is 6.54 Å². The predicted octanol–water partition coefficient (Wildman–Crippen LogP) is 1.79. The third-order valence-corrected chi connectivity index (χ3v) is 5.21. The Bertz CT molecular complexity index is 1000. The molecule has 0 aliphatic carbocycles. The van der Waals surface area contributed by atoms with Crippen molar-refractivity contribution >= 4 is 17.1 Å². The van der Waals surface area contributed by atoms with Crippen LogP contribution in [0.15, 0.2) is 53.5 Å². The number of piperidine rings is 1. The Labute approximate surface area is 163 Å². The summed E-state index contributed by atoms with van der Waals surface area (Å²) in [5, 5.41) is 2.95. The first-order valence-corrected chi connectivity index (χ1v) is 9.85. The Morgan fingerprint density at radius 3 is 2.61 bits per heavy atom. The highest BCUT2D eigenvalue weighted by Gasteiger charge is 2.17. The number of rotatable bonds is 6. The Morgan fingerprint density at radius 1 is 1.04 bits per heavy atom.